The second kappa shape index (κ2) is 6.71. The van der Waals surface area contributed by atoms with Crippen molar-refractivity contribution in [3.8, 4) is 0 Å². The Labute approximate surface area is 109 Å². The maximum Gasteiger partial charge on any atom is 0.123 e. The largest absolute Gasteiger partial charge is 0.384 e. The average Bonchev–Trinajstić information content (AvgIpc) is 2.82. The molecular formula is C14H23N3O. The number of nitrogen functional groups attached to an aromatic ring is 1. The van der Waals surface area contributed by atoms with Gasteiger partial charge in [0.25, 0.3) is 0 Å². The monoisotopic (exact) mass is 249 g/mol. The minimum Gasteiger partial charge on any atom is -0.384 e. The quantitative estimate of drug-likeness (QED) is 0.806. The Morgan fingerprint density at radius 1 is 1.61 bits per heavy atom. The van der Waals surface area contributed by atoms with E-state index in [2.05, 4.69) is 17.2 Å². The standard InChI is InChI=1S/C14H23N3O/c1-2-16-12(10-13-4-3-7-18-13)8-11-5-6-17-14(15)9-11/h5-6,9,12-13,16H,2-4,7-8,10H2,1H3,(H2,15,17). The highest BCUT2D eigenvalue weighted by atomic mass is 16.5. The van der Waals surface area contributed by atoms with E-state index in [1.54, 1.807) is 6.20 Å². The smallest absolute Gasteiger partial charge is 0.123 e. The number of nitrogens with one attached hydrogen (secondary N) is 1. The first kappa shape index (κ1) is 13.3. The minimum absolute atomic E-state index is 0.424. The van der Waals surface area contributed by atoms with Gasteiger partial charge in [-0.1, -0.05) is 6.92 Å². The molecule has 1 fully saturated rings. The zero-order chi connectivity index (χ0) is 12.8. The maximum absolute atomic E-state index is 5.72. The van der Waals surface area contributed by atoms with E-state index in [4.69, 9.17) is 10.5 Å². The second-order valence-corrected chi connectivity index (χ2v) is 4.92. The van der Waals surface area contributed by atoms with E-state index in [1.165, 1.54) is 18.4 Å². The van der Waals surface area contributed by atoms with E-state index in [9.17, 15) is 0 Å². The van der Waals surface area contributed by atoms with Gasteiger partial charge >= 0.3 is 0 Å². The summed E-state index contributed by atoms with van der Waals surface area (Å²) in [5.74, 6) is 0.597. The Kier molecular flexibility index (Phi) is 4.96. The van der Waals surface area contributed by atoms with Crippen molar-refractivity contribution in [2.75, 3.05) is 18.9 Å². The first-order valence-electron chi connectivity index (χ1n) is 6.83. The fourth-order valence-electron chi connectivity index (χ4n) is 2.58. The van der Waals surface area contributed by atoms with Gasteiger partial charge in [-0.05, 0) is 49.9 Å². The van der Waals surface area contributed by atoms with Crippen LogP contribution in [0.15, 0.2) is 18.3 Å². The molecule has 100 valence electrons. The lowest BCUT2D eigenvalue weighted by molar-refractivity contribution is 0.0948. The first-order valence-corrected chi connectivity index (χ1v) is 6.83. The third-order valence-electron chi connectivity index (χ3n) is 3.39. The van der Waals surface area contributed by atoms with Crippen LogP contribution >= 0.6 is 0 Å². The summed E-state index contributed by atoms with van der Waals surface area (Å²) in [5.41, 5.74) is 6.96. The molecule has 0 bridgehead atoms. The van der Waals surface area contributed by atoms with Crippen molar-refractivity contribution in [2.45, 2.75) is 44.8 Å². The molecule has 0 amide bonds. The Hall–Kier alpha value is -1.13. The predicted molar refractivity (Wildman–Crippen MR) is 73.4 cm³/mol. The molecule has 18 heavy (non-hydrogen) atoms. The molecule has 0 aliphatic carbocycles. The van der Waals surface area contributed by atoms with Crippen molar-refractivity contribution in [3.05, 3.63) is 23.9 Å². The summed E-state index contributed by atoms with van der Waals surface area (Å²) in [6.45, 7) is 4.05. The number of hydrogen-bond donors (Lipinski definition) is 2. The summed E-state index contributed by atoms with van der Waals surface area (Å²) in [4.78, 5) is 4.03. The number of pyridine rings is 1. The molecule has 0 spiro atoms. The number of rotatable bonds is 6. The van der Waals surface area contributed by atoms with Gasteiger partial charge in [0.05, 0.1) is 6.10 Å². The highest BCUT2D eigenvalue weighted by Gasteiger charge is 2.20. The summed E-state index contributed by atoms with van der Waals surface area (Å²) < 4.78 is 5.71. The van der Waals surface area contributed by atoms with Gasteiger partial charge < -0.3 is 15.8 Å². The summed E-state index contributed by atoms with van der Waals surface area (Å²) in [6, 6.07) is 4.45. The van der Waals surface area contributed by atoms with Gasteiger partial charge in [-0.25, -0.2) is 4.98 Å². The Bertz CT molecular complexity index is 364. The third-order valence-corrected chi connectivity index (χ3v) is 3.39. The van der Waals surface area contributed by atoms with Crippen LogP contribution in [-0.2, 0) is 11.2 Å². The number of nitrogens with zero attached hydrogens (tertiary/aromatic N) is 1. The van der Waals surface area contributed by atoms with E-state index in [1.807, 2.05) is 12.1 Å². The molecule has 0 saturated carbocycles. The first-order chi connectivity index (χ1) is 8.78. The van der Waals surface area contributed by atoms with Gasteiger partial charge in [0, 0.05) is 18.8 Å². The number of anilines is 1. The van der Waals surface area contributed by atoms with E-state index in [0.29, 0.717) is 18.0 Å². The fourth-order valence-corrected chi connectivity index (χ4v) is 2.58. The summed E-state index contributed by atoms with van der Waals surface area (Å²) in [5, 5.41) is 3.54. The highest BCUT2D eigenvalue weighted by molar-refractivity contribution is 5.32. The van der Waals surface area contributed by atoms with Gasteiger partial charge in [0.2, 0.25) is 0 Å². The van der Waals surface area contributed by atoms with Crippen LogP contribution in [0.25, 0.3) is 0 Å². The number of likely N-dealkylation sites (N-methyl/N-ethyl adjacent to an activating group) is 1. The van der Waals surface area contributed by atoms with Crippen molar-refractivity contribution >= 4 is 5.82 Å². The normalized spacial score (nSPS) is 21.1. The molecule has 1 aromatic heterocycles. The molecule has 1 aliphatic heterocycles. The van der Waals surface area contributed by atoms with Gasteiger partial charge in [-0.15, -0.1) is 0 Å². The molecule has 1 aromatic rings. The van der Waals surface area contributed by atoms with Gasteiger partial charge in [-0.3, -0.25) is 0 Å². The Morgan fingerprint density at radius 2 is 2.50 bits per heavy atom. The highest BCUT2D eigenvalue weighted by Crippen LogP contribution is 2.19. The lowest BCUT2D eigenvalue weighted by Gasteiger charge is -2.21. The number of ether oxygens (including phenoxy) is 1. The van der Waals surface area contributed by atoms with Crippen molar-refractivity contribution in [2.24, 2.45) is 0 Å². The minimum atomic E-state index is 0.424. The van der Waals surface area contributed by atoms with Crippen LogP contribution in [-0.4, -0.2) is 30.3 Å². The maximum atomic E-state index is 5.72. The lowest BCUT2D eigenvalue weighted by Crippen LogP contribution is -2.34. The van der Waals surface area contributed by atoms with Crippen molar-refractivity contribution in [3.63, 3.8) is 0 Å². The van der Waals surface area contributed by atoms with Crippen LogP contribution in [0.5, 0.6) is 0 Å². The number of nitrogens with two attached hydrogens (primary N) is 1. The summed E-state index contributed by atoms with van der Waals surface area (Å²) in [6.07, 6.45) is 6.66. The zero-order valence-electron chi connectivity index (χ0n) is 11.1. The van der Waals surface area contributed by atoms with Gasteiger partial charge in [-0.2, -0.15) is 0 Å². The topological polar surface area (TPSA) is 60.2 Å². The van der Waals surface area contributed by atoms with Crippen molar-refractivity contribution < 1.29 is 4.74 Å². The lowest BCUT2D eigenvalue weighted by atomic mass is 10.00. The number of aromatic nitrogens is 1. The summed E-state index contributed by atoms with van der Waals surface area (Å²) >= 11 is 0. The van der Waals surface area contributed by atoms with E-state index in [-0.39, 0.29) is 0 Å². The fraction of sp³-hybridized carbons (Fsp3) is 0.643. The molecule has 2 heterocycles. The molecule has 4 heteroatoms. The van der Waals surface area contributed by atoms with Crippen LogP contribution in [0.4, 0.5) is 5.82 Å². The third kappa shape index (κ3) is 3.96. The molecule has 2 atom stereocenters. The molecule has 4 nitrogen and oxygen atoms in total. The molecule has 1 saturated heterocycles. The average molecular weight is 249 g/mol. The van der Waals surface area contributed by atoms with E-state index in [0.717, 1.165) is 26.0 Å². The van der Waals surface area contributed by atoms with Crippen LogP contribution in [0.2, 0.25) is 0 Å². The molecule has 1 aliphatic rings. The van der Waals surface area contributed by atoms with Crippen LogP contribution < -0.4 is 11.1 Å². The molecular weight excluding hydrogens is 226 g/mol. The van der Waals surface area contributed by atoms with Gasteiger partial charge in [0.1, 0.15) is 5.82 Å². The predicted octanol–water partition coefficient (Wildman–Crippen LogP) is 1.75. The second-order valence-electron chi connectivity index (χ2n) is 4.92. The van der Waals surface area contributed by atoms with Crippen molar-refractivity contribution in [1.29, 1.82) is 0 Å². The zero-order valence-corrected chi connectivity index (χ0v) is 11.1. The molecule has 0 radical (unpaired) electrons. The molecule has 2 rings (SSSR count). The van der Waals surface area contributed by atoms with Crippen LogP contribution in [0, 0.1) is 0 Å². The SMILES string of the molecule is CCNC(Cc1ccnc(N)c1)CC1CCCO1. The summed E-state index contributed by atoms with van der Waals surface area (Å²) in [7, 11) is 0. The molecule has 3 N–H and O–H groups in total. The Morgan fingerprint density at radius 3 is 3.17 bits per heavy atom. The van der Waals surface area contributed by atoms with E-state index < -0.39 is 0 Å². The van der Waals surface area contributed by atoms with E-state index >= 15 is 0 Å². The van der Waals surface area contributed by atoms with Crippen molar-refractivity contribution in [1.82, 2.24) is 10.3 Å². The van der Waals surface area contributed by atoms with Crippen LogP contribution in [0.1, 0.15) is 31.7 Å². The van der Waals surface area contributed by atoms with Crippen LogP contribution in [0.3, 0.4) is 0 Å². The number of hydrogen-bond acceptors (Lipinski definition) is 4. The Balaban J connectivity index is 1.92. The molecule has 0 aromatic carbocycles. The van der Waals surface area contributed by atoms with Gasteiger partial charge in [0.15, 0.2) is 0 Å². The molecule has 2 unspecified atom stereocenters.